The minimum Gasteiger partial charge on any atom is -0.388 e. The Morgan fingerprint density at radius 3 is 1.55 bits per heavy atom. The quantitative estimate of drug-likeness (QED) is 0.422. The van der Waals surface area contributed by atoms with Gasteiger partial charge >= 0.3 is 0 Å². The van der Waals surface area contributed by atoms with Crippen molar-refractivity contribution in [1.82, 2.24) is 0 Å². The zero-order valence-corrected chi connectivity index (χ0v) is 6.64. The molecule has 1 aliphatic heterocycles. The fourth-order valence-electron chi connectivity index (χ4n) is 1.26. The second kappa shape index (κ2) is 3.06. The van der Waals surface area contributed by atoms with E-state index in [-0.39, 0.29) is 0 Å². The van der Waals surface area contributed by atoms with Crippen LogP contribution in [0, 0.1) is 0 Å². The fraction of sp³-hybridized carbons (Fsp3) is 1.00. The highest BCUT2D eigenvalue weighted by atomic mass is 16.5. The van der Waals surface area contributed by atoms with Crippen LogP contribution in [0.1, 0.15) is 13.8 Å². The Labute approximate surface area is 65.4 Å². The van der Waals surface area contributed by atoms with Crippen LogP contribution in [-0.2, 0) is 4.74 Å². The van der Waals surface area contributed by atoms with Crippen LogP contribution in [0.5, 0.6) is 0 Å². The molecule has 4 nitrogen and oxygen atoms in total. The Bertz CT molecular complexity index is 124. The molecular formula is C7H14O4. The molecule has 0 aliphatic carbocycles. The lowest BCUT2D eigenvalue weighted by atomic mass is 9.97. The highest BCUT2D eigenvalue weighted by Crippen LogP contribution is 2.19. The molecule has 3 N–H and O–H groups in total. The minimum atomic E-state index is -1.09. The van der Waals surface area contributed by atoms with Crippen LogP contribution >= 0.6 is 0 Å². The van der Waals surface area contributed by atoms with Crippen LogP contribution in [0.4, 0.5) is 0 Å². The molecule has 0 saturated carbocycles. The molecular weight excluding hydrogens is 148 g/mol. The average Bonchev–Trinajstić information content (AvgIpc) is 1.97. The third-order valence-corrected chi connectivity index (χ3v) is 2.09. The molecule has 1 heterocycles. The Hall–Kier alpha value is -0.160. The molecule has 1 fully saturated rings. The van der Waals surface area contributed by atoms with Gasteiger partial charge in [0.05, 0.1) is 12.2 Å². The smallest absolute Gasteiger partial charge is 0.111 e. The zero-order valence-electron chi connectivity index (χ0n) is 6.64. The molecule has 1 rings (SSSR count). The van der Waals surface area contributed by atoms with Crippen molar-refractivity contribution in [1.29, 1.82) is 0 Å². The molecule has 5 atom stereocenters. The predicted molar refractivity (Wildman–Crippen MR) is 38.0 cm³/mol. The van der Waals surface area contributed by atoms with Gasteiger partial charge in [0.1, 0.15) is 18.3 Å². The second-order valence-corrected chi connectivity index (χ2v) is 3.02. The molecule has 66 valence electrons. The first-order valence-electron chi connectivity index (χ1n) is 3.73. The van der Waals surface area contributed by atoms with Gasteiger partial charge in [0.15, 0.2) is 0 Å². The van der Waals surface area contributed by atoms with Crippen molar-refractivity contribution in [2.75, 3.05) is 0 Å². The summed E-state index contributed by atoms with van der Waals surface area (Å²) in [5.74, 6) is 0. The first-order valence-corrected chi connectivity index (χ1v) is 3.73. The SMILES string of the molecule is C[C@H]1O[C@H](C)[C@@H](O)[C@H](O)[C@H]1O. The summed E-state index contributed by atoms with van der Waals surface area (Å²) in [5, 5.41) is 27.6. The summed E-state index contributed by atoms with van der Waals surface area (Å²) in [6.07, 6.45) is -3.89. The summed E-state index contributed by atoms with van der Waals surface area (Å²) in [6.45, 7) is 3.33. The van der Waals surface area contributed by atoms with Gasteiger partial charge < -0.3 is 20.1 Å². The predicted octanol–water partition coefficient (Wildman–Crippen LogP) is -1.12. The van der Waals surface area contributed by atoms with E-state index in [9.17, 15) is 15.3 Å². The van der Waals surface area contributed by atoms with Crippen molar-refractivity contribution in [3.05, 3.63) is 0 Å². The number of hydrogen-bond donors (Lipinski definition) is 3. The molecule has 0 aromatic heterocycles. The molecule has 0 spiro atoms. The van der Waals surface area contributed by atoms with E-state index in [1.165, 1.54) is 0 Å². The largest absolute Gasteiger partial charge is 0.388 e. The maximum atomic E-state index is 9.21. The number of rotatable bonds is 0. The first kappa shape index (κ1) is 8.93. The highest BCUT2D eigenvalue weighted by Gasteiger charge is 2.39. The van der Waals surface area contributed by atoms with Gasteiger partial charge in [0, 0.05) is 0 Å². The average molecular weight is 162 g/mol. The van der Waals surface area contributed by atoms with Gasteiger partial charge in [0.2, 0.25) is 0 Å². The van der Waals surface area contributed by atoms with Gasteiger partial charge in [-0.3, -0.25) is 0 Å². The molecule has 0 bridgehead atoms. The monoisotopic (exact) mass is 162 g/mol. The molecule has 4 heteroatoms. The van der Waals surface area contributed by atoms with E-state index in [1.807, 2.05) is 0 Å². The summed E-state index contributed by atoms with van der Waals surface area (Å²) in [7, 11) is 0. The van der Waals surface area contributed by atoms with Crippen LogP contribution in [-0.4, -0.2) is 45.8 Å². The van der Waals surface area contributed by atoms with Crippen molar-refractivity contribution in [2.24, 2.45) is 0 Å². The minimum absolute atomic E-state index is 0.414. The van der Waals surface area contributed by atoms with Gasteiger partial charge in [-0.2, -0.15) is 0 Å². The zero-order chi connectivity index (χ0) is 8.59. The van der Waals surface area contributed by atoms with Crippen molar-refractivity contribution in [2.45, 2.75) is 44.4 Å². The van der Waals surface area contributed by atoms with Crippen molar-refractivity contribution < 1.29 is 20.1 Å². The van der Waals surface area contributed by atoms with Crippen molar-refractivity contribution in [3.8, 4) is 0 Å². The summed E-state index contributed by atoms with van der Waals surface area (Å²) in [4.78, 5) is 0. The van der Waals surface area contributed by atoms with E-state index in [1.54, 1.807) is 13.8 Å². The van der Waals surface area contributed by atoms with E-state index in [2.05, 4.69) is 0 Å². The van der Waals surface area contributed by atoms with Crippen LogP contribution in [0.25, 0.3) is 0 Å². The summed E-state index contributed by atoms with van der Waals surface area (Å²) >= 11 is 0. The Balaban J connectivity index is 2.63. The van der Waals surface area contributed by atoms with E-state index in [0.717, 1.165) is 0 Å². The molecule has 0 aromatic rings. The van der Waals surface area contributed by atoms with E-state index in [4.69, 9.17) is 4.74 Å². The maximum absolute atomic E-state index is 9.21. The molecule has 1 saturated heterocycles. The van der Waals surface area contributed by atoms with Crippen LogP contribution in [0.15, 0.2) is 0 Å². The molecule has 0 amide bonds. The lowest BCUT2D eigenvalue weighted by molar-refractivity contribution is -0.211. The highest BCUT2D eigenvalue weighted by molar-refractivity contribution is 4.88. The van der Waals surface area contributed by atoms with E-state index in [0.29, 0.717) is 0 Å². The third kappa shape index (κ3) is 1.54. The Morgan fingerprint density at radius 1 is 0.818 bits per heavy atom. The second-order valence-electron chi connectivity index (χ2n) is 3.02. The molecule has 1 aliphatic rings. The lowest BCUT2D eigenvalue weighted by Crippen LogP contribution is -2.55. The molecule has 0 radical (unpaired) electrons. The molecule has 0 unspecified atom stereocenters. The van der Waals surface area contributed by atoms with Gasteiger partial charge in [-0.05, 0) is 13.8 Å². The topological polar surface area (TPSA) is 69.9 Å². The Kier molecular flexibility index (Phi) is 2.49. The van der Waals surface area contributed by atoms with Crippen molar-refractivity contribution in [3.63, 3.8) is 0 Å². The van der Waals surface area contributed by atoms with Crippen molar-refractivity contribution >= 4 is 0 Å². The molecule has 11 heavy (non-hydrogen) atoms. The lowest BCUT2D eigenvalue weighted by Gasteiger charge is -2.37. The normalized spacial score (nSPS) is 52.6. The summed E-state index contributed by atoms with van der Waals surface area (Å²) < 4.78 is 5.12. The van der Waals surface area contributed by atoms with Crippen LogP contribution < -0.4 is 0 Å². The number of aliphatic hydroxyl groups excluding tert-OH is 3. The number of aliphatic hydroxyl groups is 3. The van der Waals surface area contributed by atoms with Gasteiger partial charge in [-0.1, -0.05) is 0 Å². The number of hydrogen-bond acceptors (Lipinski definition) is 4. The van der Waals surface area contributed by atoms with E-state index < -0.39 is 30.5 Å². The van der Waals surface area contributed by atoms with E-state index >= 15 is 0 Å². The first-order chi connectivity index (χ1) is 5.04. The fourth-order valence-corrected chi connectivity index (χ4v) is 1.26. The van der Waals surface area contributed by atoms with Crippen LogP contribution in [0.2, 0.25) is 0 Å². The summed E-state index contributed by atoms with van der Waals surface area (Å²) in [6, 6.07) is 0. The number of ether oxygens (including phenoxy) is 1. The molecule has 0 aromatic carbocycles. The third-order valence-electron chi connectivity index (χ3n) is 2.09. The summed E-state index contributed by atoms with van der Waals surface area (Å²) in [5.41, 5.74) is 0. The van der Waals surface area contributed by atoms with Crippen LogP contribution in [0.3, 0.4) is 0 Å². The Morgan fingerprint density at radius 2 is 1.18 bits per heavy atom. The standard InChI is InChI=1S/C7H14O4/c1-3-5(8)7(10)6(9)4(2)11-3/h3-10H,1-2H3/t3-,4-,5-,6+,7+/m1/s1. The van der Waals surface area contributed by atoms with Gasteiger partial charge in [-0.15, -0.1) is 0 Å². The van der Waals surface area contributed by atoms with Gasteiger partial charge in [0.25, 0.3) is 0 Å². The maximum Gasteiger partial charge on any atom is 0.111 e. The van der Waals surface area contributed by atoms with Gasteiger partial charge in [-0.25, -0.2) is 0 Å².